The zero-order valence-electron chi connectivity index (χ0n) is 13.4. The van der Waals surface area contributed by atoms with Gasteiger partial charge in [0.05, 0.1) is 5.92 Å². The number of anilines is 1. The van der Waals surface area contributed by atoms with Crippen LogP contribution in [0, 0.1) is 5.92 Å². The Bertz CT molecular complexity index is 855. The number of rotatable bonds is 3. The Labute approximate surface area is 141 Å². The van der Waals surface area contributed by atoms with E-state index in [-0.39, 0.29) is 17.7 Å². The fourth-order valence-electron chi connectivity index (χ4n) is 3.56. The highest BCUT2D eigenvalue weighted by Crippen LogP contribution is 2.30. The van der Waals surface area contributed by atoms with Crippen LogP contribution in [0.4, 0.5) is 5.69 Å². The van der Waals surface area contributed by atoms with Crippen molar-refractivity contribution in [2.75, 3.05) is 18.4 Å². The molecule has 1 aliphatic rings. The number of amides is 1. The molecule has 0 unspecified atom stereocenters. The molecule has 0 bridgehead atoms. The molecule has 0 aromatic heterocycles. The number of carbonyl (C=O) groups is 1. The van der Waals surface area contributed by atoms with Crippen molar-refractivity contribution in [2.24, 2.45) is 5.92 Å². The van der Waals surface area contributed by atoms with Crippen molar-refractivity contribution in [1.29, 1.82) is 0 Å². The molecular weight excluding hydrogens is 296 g/mol. The van der Waals surface area contributed by atoms with E-state index in [0.29, 0.717) is 0 Å². The highest BCUT2D eigenvalue weighted by Gasteiger charge is 2.33. The van der Waals surface area contributed by atoms with Gasteiger partial charge in [0.2, 0.25) is 5.91 Å². The van der Waals surface area contributed by atoms with Gasteiger partial charge >= 0.3 is 0 Å². The molecule has 120 valence electrons. The van der Waals surface area contributed by atoms with Crippen molar-refractivity contribution in [2.45, 2.75) is 5.92 Å². The normalized spacial score (nSPS) is 20.2. The van der Waals surface area contributed by atoms with Crippen LogP contribution in [0.25, 0.3) is 10.8 Å². The molecular formula is C21H20N2O. The zero-order chi connectivity index (χ0) is 16.4. The maximum Gasteiger partial charge on any atom is 0.229 e. The van der Waals surface area contributed by atoms with Crippen molar-refractivity contribution in [3.63, 3.8) is 0 Å². The predicted molar refractivity (Wildman–Crippen MR) is 98.1 cm³/mol. The van der Waals surface area contributed by atoms with Crippen LogP contribution < -0.4 is 10.6 Å². The Morgan fingerprint density at radius 3 is 2.50 bits per heavy atom. The van der Waals surface area contributed by atoms with E-state index in [1.807, 2.05) is 48.5 Å². The lowest BCUT2D eigenvalue weighted by Gasteiger charge is -2.19. The molecule has 4 rings (SSSR count). The molecule has 0 aliphatic carbocycles. The minimum absolute atomic E-state index is 0.0497. The first-order chi connectivity index (χ1) is 11.8. The van der Waals surface area contributed by atoms with E-state index in [9.17, 15) is 4.79 Å². The monoisotopic (exact) mass is 316 g/mol. The average molecular weight is 316 g/mol. The molecule has 0 spiro atoms. The van der Waals surface area contributed by atoms with Gasteiger partial charge in [-0.1, -0.05) is 66.7 Å². The van der Waals surface area contributed by atoms with Gasteiger partial charge < -0.3 is 10.6 Å². The van der Waals surface area contributed by atoms with Crippen LogP contribution in [0.2, 0.25) is 0 Å². The third kappa shape index (κ3) is 2.79. The molecule has 1 aliphatic heterocycles. The van der Waals surface area contributed by atoms with Gasteiger partial charge in [0.15, 0.2) is 0 Å². The van der Waals surface area contributed by atoms with E-state index in [4.69, 9.17) is 0 Å². The Balaban J connectivity index is 1.59. The lowest BCUT2D eigenvalue weighted by molar-refractivity contribution is -0.119. The molecule has 3 aromatic rings. The average Bonchev–Trinajstić information content (AvgIpc) is 3.13. The van der Waals surface area contributed by atoms with Crippen LogP contribution in [0.3, 0.4) is 0 Å². The van der Waals surface area contributed by atoms with Gasteiger partial charge in [-0.15, -0.1) is 0 Å². The number of nitrogens with one attached hydrogen (secondary N) is 2. The number of fused-ring (bicyclic) bond motifs is 1. The van der Waals surface area contributed by atoms with Gasteiger partial charge in [-0.2, -0.15) is 0 Å². The van der Waals surface area contributed by atoms with E-state index in [0.717, 1.165) is 29.5 Å². The highest BCUT2D eigenvalue weighted by molar-refractivity contribution is 6.03. The summed E-state index contributed by atoms with van der Waals surface area (Å²) < 4.78 is 0. The maximum atomic E-state index is 12.9. The Morgan fingerprint density at radius 1 is 0.875 bits per heavy atom. The lowest BCUT2D eigenvalue weighted by Crippen LogP contribution is -2.28. The molecule has 1 amide bonds. The first kappa shape index (κ1) is 14.9. The molecule has 3 aromatic carbocycles. The molecule has 1 fully saturated rings. The number of hydrogen-bond acceptors (Lipinski definition) is 2. The zero-order valence-corrected chi connectivity index (χ0v) is 13.4. The molecule has 0 saturated carbocycles. The summed E-state index contributed by atoms with van der Waals surface area (Å²) in [6.45, 7) is 1.56. The van der Waals surface area contributed by atoms with Crippen molar-refractivity contribution >= 4 is 22.4 Å². The Hall–Kier alpha value is -2.65. The van der Waals surface area contributed by atoms with E-state index in [1.165, 1.54) is 5.56 Å². The van der Waals surface area contributed by atoms with E-state index in [1.54, 1.807) is 0 Å². The predicted octanol–water partition coefficient (Wildman–Crippen LogP) is 3.78. The molecule has 1 heterocycles. The summed E-state index contributed by atoms with van der Waals surface area (Å²) in [6, 6.07) is 24.4. The van der Waals surface area contributed by atoms with Crippen molar-refractivity contribution < 1.29 is 4.79 Å². The molecule has 3 heteroatoms. The summed E-state index contributed by atoms with van der Waals surface area (Å²) in [5, 5.41) is 8.73. The summed E-state index contributed by atoms with van der Waals surface area (Å²) >= 11 is 0. The van der Waals surface area contributed by atoms with Gasteiger partial charge in [-0.25, -0.2) is 0 Å². The summed E-state index contributed by atoms with van der Waals surface area (Å²) in [4.78, 5) is 12.9. The van der Waals surface area contributed by atoms with Crippen LogP contribution >= 0.6 is 0 Å². The third-order valence-corrected chi connectivity index (χ3v) is 4.83. The van der Waals surface area contributed by atoms with Gasteiger partial charge in [0.25, 0.3) is 0 Å². The minimum atomic E-state index is -0.0497. The van der Waals surface area contributed by atoms with Crippen LogP contribution in [0.1, 0.15) is 11.5 Å². The fraction of sp³-hybridized carbons (Fsp3) is 0.190. The van der Waals surface area contributed by atoms with E-state index in [2.05, 4.69) is 34.9 Å². The first-order valence-electron chi connectivity index (χ1n) is 8.37. The summed E-state index contributed by atoms with van der Waals surface area (Å²) in [6.07, 6.45) is 0. The standard InChI is InChI=1S/C21H20N2O/c24-21(19-14-22-13-18(19)16-7-2-1-3-8-16)23-20-12-6-10-15-9-4-5-11-17(15)20/h1-12,18-19,22H,13-14H2,(H,23,24)/t18-,19+/m0/s1. The highest BCUT2D eigenvalue weighted by atomic mass is 16.1. The SMILES string of the molecule is O=C(Nc1cccc2ccccc12)[C@@H]1CNC[C@H]1c1ccccc1. The van der Waals surface area contributed by atoms with E-state index < -0.39 is 0 Å². The Kier molecular flexibility index (Phi) is 4.01. The van der Waals surface area contributed by atoms with Crippen LogP contribution in [-0.4, -0.2) is 19.0 Å². The van der Waals surface area contributed by atoms with Crippen molar-refractivity contribution in [3.05, 3.63) is 78.4 Å². The topological polar surface area (TPSA) is 41.1 Å². The maximum absolute atomic E-state index is 12.9. The Morgan fingerprint density at radius 2 is 1.62 bits per heavy atom. The van der Waals surface area contributed by atoms with Gasteiger partial charge in [0, 0.05) is 30.1 Å². The first-order valence-corrected chi connectivity index (χ1v) is 8.37. The van der Waals surface area contributed by atoms with E-state index >= 15 is 0 Å². The third-order valence-electron chi connectivity index (χ3n) is 4.83. The summed E-state index contributed by atoms with van der Waals surface area (Å²) in [5.74, 6) is 0.262. The number of benzene rings is 3. The smallest absolute Gasteiger partial charge is 0.229 e. The quantitative estimate of drug-likeness (QED) is 0.772. The molecule has 2 N–H and O–H groups in total. The fourth-order valence-corrected chi connectivity index (χ4v) is 3.56. The summed E-state index contributed by atoms with van der Waals surface area (Å²) in [7, 11) is 0. The molecule has 0 radical (unpaired) electrons. The second-order valence-corrected chi connectivity index (χ2v) is 6.30. The van der Waals surface area contributed by atoms with Crippen LogP contribution in [0.15, 0.2) is 72.8 Å². The summed E-state index contributed by atoms with van der Waals surface area (Å²) in [5.41, 5.74) is 2.11. The van der Waals surface area contributed by atoms with Crippen molar-refractivity contribution in [1.82, 2.24) is 5.32 Å². The molecule has 24 heavy (non-hydrogen) atoms. The molecule has 2 atom stereocenters. The minimum Gasteiger partial charge on any atom is -0.325 e. The van der Waals surface area contributed by atoms with Gasteiger partial charge in [-0.05, 0) is 17.0 Å². The van der Waals surface area contributed by atoms with Gasteiger partial charge in [0.1, 0.15) is 0 Å². The van der Waals surface area contributed by atoms with Crippen LogP contribution in [0.5, 0.6) is 0 Å². The van der Waals surface area contributed by atoms with Crippen LogP contribution in [-0.2, 0) is 4.79 Å². The number of carbonyl (C=O) groups excluding carboxylic acids is 1. The second kappa shape index (κ2) is 6.46. The molecule has 1 saturated heterocycles. The molecule has 3 nitrogen and oxygen atoms in total. The second-order valence-electron chi connectivity index (χ2n) is 6.30. The van der Waals surface area contributed by atoms with Crippen molar-refractivity contribution in [3.8, 4) is 0 Å². The number of hydrogen-bond donors (Lipinski definition) is 2. The van der Waals surface area contributed by atoms with Gasteiger partial charge in [-0.3, -0.25) is 4.79 Å². The largest absolute Gasteiger partial charge is 0.325 e. The lowest BCUT2D eigenvalue weighted by atomic mass is 9.88.